The summed E-state index contributed by atoms with van der Waals surface area (Å²) in [5.41, 5.74) is 13.0. The summed E-state index contributed by atoms with van der Waals surface area (Å²) in [5, 5.41) is 1.28. The van der Waals surface area contributed by atoms with Gasteiger partial charge in [-0.25, -0.2) is 0 Å². The standard InChI is InChI=1S/C12H16N4.HI/c13-12(14)15-7-3-4-9-8-16-11-6-2-1-5-10(9)11;/h1-2,5-6,8,16H,3-4,7H2,(H4,13,14,15);1H. The van der Waals surface area contributed by atoms with E-state index < -0.39 is 0 Å². The molecular formula is C12H17IN4. The molecule has 1 aromatic heterocycles. The van der Waals surface area contributed by atoms with Crippen LogP contribution in [0.3, 0.4) is 0 Å². The molecule has 0 aliphatic heterocycles. The van der Waals surface area contributed by atoms with Crippen LogP contribution in [0, 0.1) is 0 Å². The molecule has 0 radical (unpaired) electrons. The van der Waals surface area contributed by atoms with Gasteiger partial charge in [-0.15, -0.1) is 24.0 Å². The Morgan fingerprint density at radius 2 is 2.00 bits per heavy atom. The summed E-state index contributed by atoms with van der Waals surface area (Å²) in [6.07, 6.45) is 4.00. The Balaban J connectivity index is 0.00000144. The number of para-hydroxylation sites is 1. The molecule has 5 N–H and O–H groups in total. The average Bonchev–Trinajstić information content (AvgIpc) is 2.68. The number of benzene rings is 1. The number of guanidine groups is 1. The quantitative estimate of drug-likeness (QED) is 0.343. The molecule has 1 heterocycles. The number of hydrogen-bond acceptors (Lipinski definition) is 1. The molecular weight excluding hydrogens is 327 g/mol. The van der Waals surface area contributed by atoms with Crippen molar-refractivity contribution in [3.8, 4) is 0 Å². The molecule has 0 bridgehead atoms. The SMILES string of the molecule is I.NC(N)=NCCCc1c[nH]c2ccccc12. The third-order valence-electron chi connectivity index (χ3n) is 2.57. The van der Waals surface area contributed by atoms with Crippen LogP contribution in [0.2, 0.25) is 0 Å². The molecule has 2 aromatic rings. The van der Waals surface area contributed by atoms with E-state index in [1.54, 1.807) is 0 Å². The highest BCUT2D eigenvalue weighted by molar-refractivity contribution is 14.0. The Morgan fingerprint density at radius 3 is 2.76 bits per heavy atom. The highest BCUT2D eigenvalue weighted by Crippen LogP contribution is 2.18. The smallest absolute Gasteiger partial charge is 0.185 e. The maximum atomic E-state index is 5.26. The van der Waals surface area contributed by atoms with Crippen LogP contribution in [-0.2, 0) is 6.42 Å². The van der Waals surface area contributed by atoms with Crippen molar-refractivity contribution < 1.29 is 0 Å². The van der Waals surface area contributed by atoms with Gasteiger partial charge in [0.15, 0.2) is 5.96 Å². The van der Waals surface area contributed by atoms with Crippen LogP contribution in [0.25, 0.3) is 10.9 Å². The van der Waals surface area contributed by atoms with Crippen molar-refractivity contribution in [3.05, 3.63) is 36.0 Å². The second kappa shape index (κ2) is 6.48. The lowest BCUT2D eigenvalue weighted by Gasteiger charge is -1.97. The minimum Gasteiger partial charge on any atom is -0.370 e. The van der Waals surface area contributed by atoms with Crippen LogP contribution >= 0.6 is 24.0 Å². The molecule has 0 fully saturated rings. The second-order valence-corrected chi connectivity index (χ2v) is 3.77. The number of aromatic amines is 1. The van der Waals surface area contributed by atoms with Gasteiger partial charge in [-0.2, -0.15) is 0 Å². The normalized spacial score (nSPS) is 9.88. The molecule has 0 aliphatic carbocycles. The Hall–Kier alpha value is -1.24. The van der Waals surface area contributed by atoms with Gasteiger partial charge in [0.25, 0.3) is 0 Å². The van der Waals surface area contributed by atoms with Gasteiger partial charge in [-0.3, -0.25) is 4.99 Å². The monoisotopic (exact) mass is 344 g/mol. The largest absolute Gasteiger partial charge is 0.370 e. The van der Waals surface area contributed by atoms with Crippen molar-refractivity contribution in [2.75, 3.05) is 6.54 Å². The van der Waals surface area contributed by atoms with Crippen molar-refractivity contribution in [1.29, 1.82) is 0 Å². The van der Waals surface area contributed by atoms with Crippen LogP contribution in [-0.4, -0.2) is 17.5 Å². The number of nitrogens with one attached hydrogen (secondary N) is 1. The first-order chi connectivity index (χ1) is 7.77. The lowest BCUT2D eigenvalue weighted by Crippen LogP contribution is -2.23. The number of nitrogens with two attached hydrogens (primary N) is 2. The molecule has 5 heteroatoms. The summed E-state index contributed by atoms with van der Waals surface area (Å²) < 4.78 is 0. The number of nitrogens with zero attached hydrogens (tertiary/aromatic N) is 1. The van der Waals surface area contributed by atoms with Gasteiger partial charge in [0.1, 0.15) is 0 Å². The Morgan fingerprint density at radius 1 is 1.24 bits per heavy atom. The average molecular weight is 344 g/mol. The number of halogens is 1. The zero-order valence-electron chi connectivity index (χ0n) is 9.52. The molecule has 17 heavy (non-hydrogen) atoms. The van der Waals surface area contributed by atoms with Crippen molar-refractivity contribution in [1.82, 2.24) is 4.98 Å². The molecule has 0 saturated carbocycles. The summed E-state index contributed by atoms with van der Waals surface area (Å²) in [6, 6.07) is 8.29. The Bertz CT molecular complexity index is 500. The van der Waals surface area contributed by atoms with E-state index in [9.17, 15) is 0 Å². The number of aryl methyl sites for hydroxylation is 1. The van der Waals surface area contributed by atoms with Crippen molar-refractivity contribution in [3.63, 3.8) is 0 Å². The first kappa shape index (κ1) is 13.8. The molecule has 0 amide bonds. The molecule has 92 valence electrons. The summed E-state index contributed by atoms with van der Waals surface area (Å²) >= 11 is 0. The van der Waals surface area contributed by atoms with E-state index in [0.717, 1.165) is 12.8 Å². The van der Waals surface area contributed by atoms with Gasteiger partial charge < -0.3 is 16.5 Å². The van der Waals surface area contributed by atoms with E-state index in [1.807, 2.05) is 6.07 Å². The number of hydrogen-bond donors (Lipinski definition) is 3. The molecule has 1 aromatic carbocycles. The van der Waals surface area contributed by atoms with E-state index in [1.165, 1.54) is 16.5 Å². The fraction of sp³-hybridized carbons (Fsp3) is 0.250. The van der Waals surface area contributed by atoms with E-state index >= 15 is 0 Å². The summed E-state index contributed by atoms with van der Waals surface area (Å²) in [7, 11) is 0. The fourth-order valence-electron chi connectivity index (χ4n) is 1.82. The Kier molecular flexibility index (Phi) is 5.27. The number of H-pyrrole nitrogens is 1. The van der Waals surface area contributed by atoms with Crippen molar-refractivity contribution in [2.45, 2.75) is 12.8 Å². The third-order valence-corrected chi connectivity index (χ3v) is 2.57. The van der Waals surface area contributed by atoms with Crippen LogP contribution in [0.5, 0.6) is 0 Å². The molecule has 0 atom stereocenters. The molecule has 0 saturated heterocycles. The molecule has 4 nitrogen and oxygen atoms in total. The van der Waals surface area contributed by atoms with Crippen LogP contribution < -0.4 is 11.5 Å². The van der Waals surface area contributed by atoms with Crippen LogP contribution in [0.4, 0.5) is 0 Å². The number of fused-ring (bicyclic) bond motifs is 1. The van der Waals surface area contributed by atoms with Crippen LogP contribution in [0.15, 0.2) is 35.5 Å². The van der Waals surface area contributed by atoms with E-state index in [4.69, 9.17) is 11.5 Å². The zero-order chi connectivity index (χ0) is 11.4. The van der Waals surface area contributed by atoms with Gasteiger partial charge in [0.05, 0.1) is 0 Å². The van der Waals surface area contributed by atoms with Crippen molar-refractivity contribution in [2.24, 2.45) is 16.5 Å². The van der Waals surface area contributed by atoms with Crippen LogP contribution in [0.1, 0.15) is 12.0 Å². The highest BCUT2D eigenvalue weighted by atomic mass is 127. The second-order valence-electron chi connectivity index (χ2n) is 3.77. The minimum atomic E-state index is 0. The van der Waals surface area contributed by atoms with E-state index in [-0.39, 0.29) is 29.9 Å². The highest BCUT2D eigenvalue weighted by Gasteiger charge is 2.01. The first-order valence-corrected chi connectivity index (χ1v) is 5.38. The molecule has 0 spiro atoms. The van der Waals surface area contributed by atoms with Crippen molar-refractivity contribution >= 4 is 40.8 Å². The van der Waals surface area contributed by atoms with Gasteiger partial charge in [-0.1, -0.05) is 18.2 Å². The summed E-state index contributed by atoms with van der Waals surface area (Å²) in [4.78, 5) is 7.22. The van der Waals surface area contributed by atoms with Gasteiger partial charge in [0.2, 0.25) is 0 Å². The predicted octanol–water partition coefficient (Wildman–Crippen LogP) is 1.99. The summed E-state index contributed by atoms with van der Waals surface area (Å²) in [6.45, 7) is 0.682. The zero-order valence-corrected chi connectivity index (χ0v) is 11.8. The number of aliphatic imine (C=N–C) groups is 1. The predicted molar refractivity (Wildman–Crippen MR) is 82.7 cm³/mol. The van der Waals surface area contributed by atoms with E-state index in [0.29, 0.717) is 6.54 Å². The topological polar surface area (TPSA) is 80.2 Å². The first-order valence-electron chi connectivity index (χ1n) is 5.38. The molecule has 0 unspecified atom stereocenters. The maximum Gasteiger partial charge on any atom is 0.185 e. The fourth-order valence-corrected chi connectivity index (χ4v) is 1.82. The third kappa shape index (κ3) is 3.62. The molecule has 0 aliphatic rings. The van der Waals surface area contributed by atoms with E-state index in [2.05, 4.69) is 34.4 Å². The lowest BCUT2D eigenvalue weighted by molar-refractivity contribution is 0.835. The van der Waals surface area contributed by atoms with Gasteiger partial charge in [0, 0.05) is 23.6 Å². The Labute approximate surface area is 118 Å². The van der Waals surface area contributed by atoms with Gasteiger partial charge in [-0.05, 0) is 24.5 Å². The van der Waals surface area contributed by atoms with Gasteiger partial charge >= 0.3 is 0 Å². The maximum absolute atomic E-state index is 5.26. The molecule has 2 rings (SSSR count). The number of aromatic nitrogens is 1. The summed E-state index contributed by atoms with van der Waals surface area (Å²) in [5.74, 6) is 0.166. The lowest BCUT2D eigenvalue weighted by atomic mass is 10.1. The minimum absolute atomic E-state index is 0. The number of rotatable bonds is 4.